The monoisotopic (exact) mass is 431 g/mol. The van der Waals surface area contributed by atoms with Gasteiger partial charge < -0.3 is 25.0 Å². The van der Waals surface area contributed by atoms with Gasteiger partial charge in [0, 0.05) is 24.9 Å². The van der Waals surface area contributed by atoms with Crippen LogP contribution in [-0.2, 0) is 4.74 Å². The van der Waals surface area contributed by atoms with Gasteiger partial charge >= 0.3 is 0 Å². The molecule has 1 aliphatic heterocycles. The molecule has 8 atom stereocenters. The van der Waals surface area contributed by atoms with Gasteiger partial charge in [0.15, 0.2) is 6.29 Å². The second-order valence-corrected chi connectivity index (χ2v) is 11.5. The first-order valence-corrected chi connectivity index (χ1v) is 12.6. The van der Waals surface area contributed by atoms with Crippen LogP contribution in [0.25, 0.3) is 0 Å². The maximum atomic E-state index is 11.4. The third-order valence-electron chi connectivity index (χ3n) is 9.70. The van der Waals surface area contributed by atoms with Crippen molar-refractivity contribution in [1.82, 2.24) is 4.90 Å². The molecule has 4 unspecified atom stereocenters. The number of likely N-dealkylation sites (tertiary alicyclic amines) is 1. The highest BCUT2D eigenvalue weighted by Crippen LogP contribution is 2.67. The maximum Gasteiger partial charge on any atom is 0.194 e. The zero-order chi connectivity index (χ0) is 22.0. The Kier molecular flexibility index (Phi) is 5.46. The fraction of sp³-hybridized carbons (Fsp3) is 0.846. The van der Waals surface area contributed by atoms with E-state index in [0.717, 1.165) is 51.0 Å². The molecule has 0 radical (unpaired) electrons. The van der Waals surface area contributed by atoms with E-state index in [-0.39, 0.29) is 29.0 Å². The lowest BCUT2D eigenvalue weighted by atomic mass is 9.46. The Morgan fingerprint density at radius 2 is 1.71 bits per heavy atom. The fourth-order valence-electron chi connectivity index (χ4n) is 8.25. The molecule has 174 valence electrons. The largest absolute Gasteiger partial charge is 0.468 e. The molecule has 0 aromatic rings. The van der Waals surface area contributed by atoms with Crippen molar-refractivity contribution in [2.24, 2.45) is 28.6 Å². The molecule has 1 saturated heterocycles. The smallest absolute Gasteiger partial charge is 0.194 e. The zero-order valence-electron chi connectivity index (χ0n) is 19.5. The van der Waals surface area contributed by atoms with Crippen LogP contribution in [0.4, 0.5) is 0 Å². The highest BCUT2D eigenvalue weighted by molar-refractivity contribution is 5.33. The van der Waals surface area contributed by atoms with Gasteiger partial charge in [-0.3, -0.25) is 0 Å². The van der Waals surface area contributed by atoms with Crippen LogP contribution in [0.3, 0.4) is 0 Å². The van der Waals surface area contributed by atoms with Gasteiger partial charge in [0.2, 0.25) is 0 Å². The van der Waals surface area contributed by atoms with Crippen molar-refractivity contribution >= 4 is 0 Å². The van der Waals surface area contributed by atoms with Gasteiger partial charge in [0.1, 0.15) is 5.76 Å². The number of fused-ring (bicyclic) bond motifs is 5. The lowest BCUT2D eigenvalue weighted by molar-refractivity contribution is -0.104. The van der Waals surface area contributed by atoms with Crippen LogP contribution in [0.2, 0.25) is 0 Å². The van der Waals surface area contributed by atoms with Crippen LogP contribution < -0.4 is 0 Å². The van der Waals surface area contributed by atoms with Crippen molar-refractivity contribution in [3.8, 4) is 0 Å². The fourth-order valence-corrected chi connectivity index (χ4v) is 8.25. The summed E-state index contributed by atoms with van der Waals surface area (Å²) in [6, 6.07) is 0. The standard InChI is InChI=1S/C26H41NO4/c1-16(28)31-22-15-20-23-19(25(2)9-7-18(29)13-17(25)14-21(23)30)8-10-26(20,3)24(22)27-11-5-4-6-12-27/h13,16,18-21,23,28-30H,4-12,14-15H2,1-3H3/t16?,18-,19?,20?,21-,23?,25-,26-/m0/s1. The number of nitrogens with zero attached hydrogens (tertiary/aromatic N) is 1. The number of ether oxygens (including phenoxy) is 1. The Morgan fingerprint density at radius 3 is 2.42 bits per heavy atom. The summed E-state index contributed by atoms with van der Waals surface area (Å²) in [7, 11) is 0. The summed E-state index contributed by atoms with van der Waals surface area (Å²) in [6.45, 7) is 8.64. The van der Waals surface area contributed by atoms with E-state index in [1.165, 1.54) is 30.5 Å². The van der Waals surface area contributed by atoms with E-state index in [2.05, 4.69) is 18.7 Å². The van der Waals surface area contributed by atoms with E-state index in [0.29, 0.717) is 18.3 Å². The highest BCUT2D eigenvalue weighted by atomic mass is 16.6. The molecule has 3 N–H and O–H groups in total. The number of hydrogen-bond donors (Lipinski definition) is 3. The molecular formula is C26H41NO4. The molecule has 0 bridgehead atoms. The molecule has 2 saturated carbocycles. The molecule has 4 aliphatic carbocycles. The Bertz CT molecular complexity index is 769. The average molecular weight is 432 g/mol. The summed E-state index contributed by atoms with van der Waals surface area (Å²) >= 11 is 0. The van der Waals surface area contributed by atoms with Crippen LogP contribution in [0, 0.1) is 28.6 Å². The van der Waals surface area contributed by atoms with Gasteiger partial charge in [0.05, 0.1) is 17.9 Å². The molecule has 1 heterocycles. The Balaban J connectivity index is 1.51. The summed E-state index contributed by atoms with van der Waals surface area (Å²) in [4.78, 5) is 2.54. The van der Waals surface area contributed by atoms with E-state index in [1.54, 1.807) is 6.92 Å². The van der Waals surface area contributed by atoms with E-state index in [1.807, 2.05) is 6.08 Å². The Labute approximate surface area is 187 Å². The average Bonchev–Trinajstić information content (AvgIpc) is 3.01. The third kappa shape index (κ3) is 3.38. The Morgan fingerprint density at radius 1 is 1.00 bits per heavy atom. The molecule has 0 aromatic heterocycles. The SMILES string of the molecule is CC(O)OC1=C(N2CCCCC2)[C@@]2(C)CCC3C(C2C1)[C@@H](O)CC1=C[C@@H](O)CC[C@@]13C. The molecule has 31 heavy (non-hydrogen) atoms. The third-order valence-corrected chi connectivity index (χ3v) is 9.70. The van der Waals surface area contributed by atoms with Gasteiger partial charge in [-0.05, 0) is 81.5 Å². The van der Waals surface area contributed by atoms with E-state index < -0.39 is 6.29 Å². The number of rotatable bonds is 3. The zero-order valence-corrected chi connectivity index (χ0v) is 19.5. The quantitative estimate of drug-likeness (QED) is 0.466. The summed E-state index contributed by atoms with van der Waals surface area (Å²) < 4.78 is 6.06. The molecule has 3 fully saturated rings. The van der Waals surface area contributed by atoms with E-state index in [9.17, 15) is 15.3 Å². The van der Waals surface area contributed by atoms with Gasteiger partial charge in [-0.25, -0.2) is 0 Å². The van der Waals surface area contributed by atoms with E-state index >= 15 is 0 Å². The number of aliphatic hydroxyl groups is 3. The molecule has 5 aliphatic rings. The summed E-state index contributed by atoms with van der Waals surface area (Å²) in [5, 5.41) is 31.7. The minimum Gasteiger partial charge on any atom is -0.468 e. The summed E-state index contributed by atoms with van der Waals surface area (Å²) in [5.41, 5.74) is 2.69. The van der Waals surface area contributed by atoms with Crippen molar-refractivity contribution in [2.45, 2.75) is 97.1 Å². The second kappa shape index (κ2) is 7.78. The first-order chi connectivity index (χ1) is 14.7. The normalized spacial score (nSPS) is 46.1. The minimum absolute atomic E-state index is 0.00450. The van der Waals surface area contributed by atoms with Gasteiger partial charge in [-0.15, -0.1) is 0 Å². The van der Waals surface area contributed by atoms with Crippen LogP contribution in [0.15, 0.2) is 23.1 Å². The molecular weight excluding hydrogens is 390 g/mol. The molecule has 5 heteroatoms. The van der Waals surface area contributed by atoms with Crippen LogP contribution in [0.5, 0.6) is 0 Å². The summed E-state index contributed by atoms with van der Waals surface area (Å²) in [5.74, 6) is 2.01. The molecule has 0 spiro atoms. The molecule has 0 amide bonds. The van der Waals surface area contributed by atoms with Crippen molar-refractivity contribution in [3.63, 3.8) is 0 Å². The maximum absolute atomic E-state index is 11.4. The lowest BCUT2D eigenvalue weighted by Gasteiger charge is -2.59. The van der Waals surface area contributed by atoms with Crippen molar-refractivity contribution in [1.29, 1.82) is 0 Å². The van der Waals surface area contributed by atoms with Crippen molar-refractivity contribution in [2.75, 3.05) is 13.1 Å². The number of allylic oxidation sites excluding steroid dienone is 2. The molecule has 5 nitrogen and oxygen atoms in total. The predicted molar refractivity (Wildman–Crippen MR) is 120 cm³/mol. The van der Waals surface area contributed by atoms with Gasteiger partial charge in [-0.1, -0.05) is 25.5 Å². The molecule has 0 aromatic carbocycles. The minimum atomic E-state index is -0.808. The predicted octanol–water partition coefficient (Wildman–Crippen LogP) is 3.94. The van der Waals surface area contributed by atoms with E-state index in [4.69, 9.17) is 4.74 Å². The number of piperidine rings is 1. The number of hydrogen-bond acceptors (Lipinski definition) is 5. The van der Waals surface area contributed by atoms with Gasteiger partial charge in [-0.2, -0.15) is 0 Å². The Hall–Kier alpha value is -1.04. The van der Waals surface area contributed by atoms with Crippen molar-refractivity contribution in [3.05, 3.63) is 23.1 Å². The highest BCUT2D eigenvalue weighted by Gasteiger charge is 2.62. The van der Waals surface area contributed by atoms with Crippen molar-refractivity contribution < 1.29 is 20.1 Å². The molecule has 5 rings (SSSR count). The van der Waals surface area contributed by atoms with Crippen LogP contribution in [-0.4, -0.2) is 51.8 Å². The lowest BCUT2D eigenvalue weighted by Crippen LogP contribution is -2.56. The van der Waals surface area contributed by atoms with Crippen LogP contribution in [0.1, 0.15) is 78.6 Å². The topological polar surface area (TPSA) is 73.2 Å². The number of aliphatic hydroxyl groups excluding tert-OH is 3. The first-order valence-electron chi connectivity index (χ1n) is 12.6. The second-order valence-electron chi connectivity index (χ2n) is 11.5. The van der Waals surface area contributed by atoms with Crippen LogP contribution >= 0.6 is 0 Å². The summed E-state index contributed by atoms with van der Waals surface area (Å²) in [6.07, 6.45) is 9.81. The van der Waals surface area contributed by atoms with Gasteiger partial charge in [0.25, 0.3) is 0 Å². The first kappa shape index (κ1) is 21.8.